The van der Waals surface area contributed by atoms with E-state index in [-0.39, 0.29) is 12.8 Å². The summed E-state index contributed by atoms with van der Waals surface area (Å²) in [5, 5.41) is 16.9. The molecule has 6 N–H and O–H groups in total. The van der Waals surface area contributed by atoms with Crippen LogP contribution < -0.4 is 11.5 Å². The van der Waals surface area contributed by atoms with Gasteiger partial charge in [-0.25, -0.2) is 4.79 Å². The molecule has 0 aliphatic carbocycles. The maximum Gasteiger partial charge on any atom is 0.338 e. The Morgan fingerprint density at radius 1 is 1.00 bits per heavy atom. The number of carbonyl (C=O) groups is 2. The molecule has 0 spiro atoms. The molecule has 0 radical (unpaired) electrons. The second-order valence-corrected chi connectivity index (χ2v) is 3.65. The molecule has 0 aliphatic rings. The third-order valence-corrected chi connectivity index (χ3v) is 2.13. The Labute approximate surface area is 88.3 Å². The van der Waals surface area contributed by atoms with Crippen LogP contribution in [0, 0.1) is 0 Å². The third-order valence-electron chi connectivity index (χ3n) is 2.13. The molecule has 0 aromatic rings. The highest BCUT2D eigenvalue weighted by Gasteiger charge is 2.27. The molecule has 0 bridgehead atoms. The Kier molecular flexibility index (Phi) is 5.88. The van der Waals surface area contributed by atoms with Crippen molar-refractivity contribution in [3.05, 3.63) is 0 Å². The van der Waals surface area contributed by atoms with Crippen LogP contribution in [0.25, 0.3) is 0 Å². The molecule has 0 unspecified atom stereocenters. The van der Waals surface area contributed by atoms with Crippen molar-refractivity contribution in [1.82, 2.24) is 0 Å². The minimum absolute atomic E-state index is 0.148. The van der Waals surface area contributed by atoms with E-state index in [2.05, 4.69) is 0 Å². The van der Waals surface area contributed by atoms with Gasteiger partial charge in [0.05, 0.1) is 0 Å². The molecule has 88 valence electrons. The lowest BCUT2D eigenvalue weighted by molar-refractivity contribution is -0.143. The van der Waals surface area contributed by atoms with Gasteiger partial charge < -0.3 is 21.7 Å². The smallest absolute Gasteiger partial charge is 0.338 e. The molecule has 0 saturated heterocycles. The van der Waals surface area contributed by atoms with E-state index in [0.29, 0.717) is 12.8 Å². The highest BCUT2D eigenvalue weighted by molar-refractivity contribution is 5.77. The van der Waals surface area contributed by atoms with E-state index < -0.39 is 17.6 Å². The fraction of sp³-hybridized carbons (Fsp3) is 0.778. The average molecular weight is 218 g/mol. The van der Waals surface area contributed by atoms with Gasteiger partial charge in [-0.05, 0) is 19.3 Å². The second kappa shape index (κ2) is 6.36. The van der Waals surface area contributed by atoms with Gasteiger partial charge in [-0.15, -0.1) is 0 Å². The van der Waals surface area contributed by atoms with Gasteiger partial charge in [0.15, 0.2) is 5.66 Å². The van der Waals surface area contributed by atoms with Gasteiger partial charge in [0.1, 0.15) is 0 Å². The molecule has 0 aliphatic heterocycles. The standard InChI is InChI=1S/C9H18N2O4/c10-9(11,8(14)15)6-4-2-1-3-5-7(12)13/h1-6,10-11H2,(H,12,13)(H,14,15). The molecular formula is C9H18N2O4. The summed E-state index contributed by atoms with van der Waals surface area (Å²) < 4.78 is 0. The number of unbranched alkanes of at least 4 members (excludes halogenated alkanes) is 3. The lowest BCUT2D eigenvalue weighted by Gasteiger charge is -2.18. The molecule has 0 aromatic carbocycles. The van der Waals surface area contributed by atoms with Crippen molar-refractivity contribution >= 4 is 11.9 Å². The molecule has 0 atom stereocenters. The van der Waals surface area contributed by atoms with E-state index in [4.69, 9.17) is 21.7 Å². The molecule has 6 heteroatoms. The summed E-state index contributed by atoms with van der Waals surface area (Å²) in [4.78, 5) is 20.7. The first kappa shape index (κ1) is 13.9. The Hall–Kier alpha value is -1.14. The molecule has 0 fully saturated rings. The zero-order valence-corrected chi connectivity index (χ0v) is 8.61. The van der Waals surface area contributed by atoms with Crippen LogP contribution in [0.15, 0.2) is 0 Å². The minimum atomic E-state index is -1.66. The fourth-order valence-corrected chi connectivity index (χ4v) is 1.15. The molecule has 0 rings (SSSR count). The first-order chi connectivity index (χ1) is 6.86. The van der Waals surface area contributed by atoms with Gasteiger partial charge >= 0.3 is 11.9 Å². The first-order valence-electron chi connectivity index (χ1n) is 4.89. The van der Waals surface area contributed by atoms with Crippen LogP contribution in [-0.4, -0.2) is 27.8 Å². The summed E-state index contributed by atoms with van der Waals surface area (Å²) in [7, 11) is 0. The van der Waals surface area contributed by atoms with E-state index in [1.165, 1.54) is 0 Å². The van der Waals surface area contributed by atoms with Gasteiger partial charge in [-0.3, -0.25) is 4.79 Å². The lowest BCUT2D eigenvalue weighted by atomic mass is 10.0. The maximum absolute atomic E-state index is 10.5. The molecule has 0 amide bonds. The van der Waals surface area contributed by atoms with Gasteiger partial charge in [-0.2, -0.15) is 0 Å². The summed E-state index contributed by atoms with van der Waals surface area (Å²) >= 11 is 0. The predicted octanol–water partition coefficient (Wildman–Crippen LogP) is 0.110. The largest absolute Gasteiger partial charge is 0.481 e. The zero-order valence-electron chi connectivity index (χ0n) is 8.61. The summed E-state index contributed by atoms with van der Waals surface area (Å²) in [5.41, 5.74) is 8.95. The molecular weight excluding hydrogens is 200 g/mol. The summed E-state index contributed by atoms with van der Waals surface area (Å²) in [6.45, 7) is 0. The molecule has 6 nitrogen and oxygen atoms in total. The van der Waals surface area contributed by atoms with Crippen molar-refractivity contribution in [3.63, 3.8) is 0 Å². The predicted molar refractivity (Wildman–Crippen MR) is 54.1 cm³/mol. The fourth-order valence-electron chi connectivity index (χ4n) is 1.15. The average Bonchev–Trinajstić information content (AvgIpc) is 2.10. The van der Waals surface area contributed by atoms with Crippen LogP contribution in [0.5, 0.6) is 0 Å². The Morgan fingerprint density at radius 2 is 1.53 bits per heavy atom. The van der Waals surface area contributed by atoms with E-state index in [1.807, 2.05) is 0 Å². The molecule has 0 heterocycles. The SMILES string of the molecule is NC(N)(CCCCCCC(=O)O)C(=O)O. The zero-order chi connectivity index (χ0) is 11.9. The molecule has 15 heavy (non-hydrogen) atoms. The van der Waals surface area contributed by atoms with E-state index in [0.717, 1.165) is 12.8 Å². The molecule has 0 aromatic heterocycles. The quantitative estimate of drug-likeness (QED) is 0.338. The van der Waals surface area contributed by atoms with E-state index >= 15 is 0 Å². The third kappa shape index (κ3) is 6.87. The number of aliphatic carboxylic acids is 2. The minimum Gasteiger partial charge on any atom is -0.481 e. The summed E-state index contributed by atoms with van der Waals surface area (Å²) in [6, 6.07) is 0. The number of hydrogen-bond donors (Lipinski definition) is 4. The monoisotopic (exact) mass is 218 g/mol. The van der Waals surface area contributed by atoms with Crippen LogP contribution in [0.1, 0.15) is 38.5 Å². The number of nitrogens with two attached hydrogens (primary N) is 2. The Morgan fingerprint density at radius 3 is 2.00 bits per heavy atom. The van der Waals surface area contributed by atoms with E-state index in [1.54, 1.807) is 0 Å². The lowest BCUT2D eigenvalue weighted by Crippen LogP contribution is -2.56. The van der Waals surface area contributed by atoms with Crippen LogP contribution >= 0.6 is 0 Å². The topological polar surface area (TPSA) is 127 Å². The highest BCUT2D eigenvalue weighted by atomic mass is 16.4. The number of carboxylic acid groups (broad SMARTS) is 2. The Bertz CT molecular complexity index is 228. The van der Waals surface area contributed by atoms with Crippen LogP contribution in [0.4, 0.5) is 0 Å². The summed E-state index contributed by atoms with van der Waals surface area (Å²) in [5.74, 6) is -2.03. The highest BCUT2D eigenvalue weighted by Crippen LogP contribution is 2.10. The summed E-state index contributed by atoms with van der Waals surface area (Å²) in [6.07, 6.45) is 3.05. The van der Waals surface area contributed by atoms with Crippen molar-refractivity contribution in [2.45, 2.75) is 44.2 Å². The van der Waals surface area contributed by atoms with Gasteiger partial charge in [0.25, 0.3) is 0 Å². The van der Waals surface area contributed by atoms with Crippen LogP contribution in [0.3, 0.4) is 0 Å². The van der Waals surface area contributed by atoms with Crippen molar-refractivity contribution < 1.29 is 19.8 Å². The van der Waals surface area contributed by atoms with Gasteiger partial charge in [0, 0.05) is 6.42 Å². The maximum atomic E-state index is 10.5. The van der Waals surface area contributed by atoms with E-state index in [9.17, 15) is 9.59 Å². The van der Waals surface area contributed by atoms with Gasteiger partial charge in [-0.1, -0.05) is 12.8 Å². The van der Waals surface area contributed by atoms with Crippen molar-refractivity contribution in [1.29, 1.82) is 0 Å². The van der Waals surface area contributed by atoms with Crippen molar-refractivity contribution in [2.75, 3.05) is 0 Å². The van der Waals surface area contributed by atoms with Gasteiger partial charge in [0.2, 0.25) is 0 Å². The number of carboxylic acids is 2. The normalized spacial score (nSPS) is 11.3. The van der Waals surface area contributed by atoms with Crippen LogP contribution in [0.2, 0.25) is 0 Å². The number of hydrogen-bond acceptors (Lipinski definition) is 4. The first-order valence-corrected chi connectivity index (χ1v) is 4.89. The number of rotatable bonds is 8. The Balaban J connectivity index is 3.46. The van der Waals surface area contributed by atoms with Crippen molar-refractivity contribution in [3.8, 4) is 0 Å². The molecule has 0 saturated carbocycles. The second-order valence-electron chi connectivity index (χ2n) is 3.65. The van der Waals surface area contributed by atoms with Crippen molar-refractivity contribution in [2.24, 2.45) is 11.5 Å². The van der Waals surface area contributed by atoms with Crippen LogP contribution in [-0.2, 0) is 9.59 Å².